The molecule has 0 radical (unpaired) electrons. The highest BCUT2D eigenvalue weighted by Crippen LogP contribution is 2.06. The van der Waals surface area contributed by atoms with Gasteiger partial charge in [-0.15, -0.1) is 24.0 Å². The smallest absolute Gasteiger partial charge is 0.191 e. The van der Waals surface area contributed by atoms with Gasteiger partial charge < -0.3 is 20.3 Å². The number of piperazine rings is 1. The van der Waals surface area contributed by atoms with Gasteiger partial charge in [0.05, 0.1) is 6.54 Å². The molecular weight excluding hydrogens is 405 g/mol. The normalized spacial score (nSPS) is 18.3. The quantitative estimate of drug-likeness (QED) is 0.244. The molecule has 1 atom stereocenters. The van der Waals surface area contributed by atoms with E-state index in [0.29, 0.717) is 6.04 Å². The summed E-state index contributed by atoms with van der Waals surface area (Å²) in [5.41, 5.74) is 0. The van der Waals surface area contributed by atoms with E-state index >= 15 is 0 Å². The SMILES string of the molecule is CCNC(=NCC(C)N1CCN(CC)CC1)NCCCOC.I. The van der Waals surface area contributed by atoms with Gasteiger partial charge in [-0.1, -0.05) is 6.92 Å². The first kappa shape index (κ1) is 22.9. The second-order valence-electron chi connectivity index (χ2n) is 5.81. The Labute approximate surface area is 159 Å². The van der Waals surface area contributed by atoms with Crippen LogP contribution in [0.25, 0.3) is 0 Å². The molecule has 1 heterocycles. The maximum atomic E-state index is 5.07. The molecule has 0 aromatic rings. The molecule has 0 aromatic carbocycles. The number of nitrogens with one attached hydrogen (secondary N) is 2. The van der Waals surface area contributed by atoms with Crippen LogP contribution in [0.5, 0.6) is 0 Å². The highest BCUT2D eigenvalue weighted by molar-refractivity contribution is 14.0. The van der Waals surface area contributed by atoms with Crippen LogP contribution in [-0.4, -0.2) is 87.9 Å². The van der Waals surface area contributed by atoms with Crippen molar-refractivity contribution >= 4 is 29.9 Å². The Bertz CT molecular complexity index is 309. The summed E-state index contributed by atoms with van der Waals surface area (Å²) < 4.78 is 5.07. The van der Waals surface area contributed by atoms with E-state index in [0.717, 1.165) is 58.3 Å². The van der Waals surface area contributed by atoms with Gasteiger partial charge in [-0.3, -0.25) is 9.89 Å². The predicted molar refractivity (Wildman–Crippen MR) is 109 cm³/mol. The summed E-state index contributed by atoms with van der Waals surface area (Å²) in [6.07, 6.45) is 0.995. The standard InChI is InChI=1S/C16H35N5O.HI/c1-5-17-16(18-8-7-13-22-4)19-14-15(3)21-11-9-20(6-2)10-12-21;/h15H,5-14H2,1-4H3,(H2,17,18,19);1H. The number of guanidine groups is 1. The van der Waals surface area contributed by atoms with E-state index < -0.39 is 0 Å². The van der Waals surface area contributed by atoms with E-state index in [4.69, 9.17) is 9.73 Å². The minimum Gasteiger partial charge on any atom is -0.385 e. The maximum Gasteiger partial charge on any atom is 0.191 e. The summed E-state index contributed by atoms with van der Waals surface area (Å²) in [4.78, 5) is 9.78. The van der Waals surface area contributed by atoms with Crippen LogP contribution in [0.4, 0.5) is 0 Å². The van der Waals surface area contributed by atoms with Crippen molar-refractivity contribution in [3.63, 3.8) is 0 Å². The Hall–Kier alpha value is -0.120. The highest BCUT2D eigenvalue weighted by Gasteiger charge is 2.19. The second-order valence-corrected chi connectivity index (χ2v) is 5.81. The van der Waals surface area contributed by atoms with E-state index in [1.54, 1.807) is 7.11 Å². The van der Waals surface area contributed by atoms with Gasteiger partial charge in [0.2, 0.25) is 0 Å². The van der Waals surface area contributed by atoms with Gasteiger partial charge >= 0.3 is 0 Å². The summed E-state index contributed by atoms with van der Waals surface area (Å²) >= 11 is 0. The van der Waals surface area contributed by atoms with E-state index in [-0.39, 0.29) is 24.0 Å². The zero-order valence-electron chi connectivity index (χ0n) is 15.3. The lowest BCUT2D eigenvalue weighted by atomic mass is 10.2. The van der Waals surface area contributed by atoms with E-state index in [1.165, 1.54) is 13.1 Å². The van der Waals surface area contributed by atoms with Crippen LogP contribution in [-0.2, 0) is 4.74 Å². The van der Waals surface area contributed by atoms with Crippen molar-refractivity contribution in [3.05, 3.63) is 0 Å². The molecule has 1 saturated heterocycles. The van der Waals surface area contributed by atoms with Gasteiger partial charge in [0, 0.05) is 59.0 Å². The Morgan fingerprint density at radius 3 is 2.43 bits per heavy atom. The van der Waals surface area contributed by atoms with Crippen LogP contribution < -0.4 is 10.6 Å². The Balaban J connectivity index is 0.00000484. The van der Waals surface area contributed by atoms with Gasteiger partial charge in [-0.05, 0) is 26.8 Å². The van der Waals surface area contributed by atoms with Crippen molar-refractivity contribution in [2.24, 2.45) is 4.99 Å². The topological polar surface area (TPSA) is 52.1 Å². The number of likely N-dealkylation sites (N-methyl/N-ethyl adjacent to an activating group) is 1. The largest absolute Gasteiger partial charge is 0.385 e. The van der Waals surface area contributed by atoms with Gasteiger partial charge in [-0.25, -0.2) is 0 Å². The number of hydrogen-bond acceptors (Lipinski definition) is 4. The van der Waals surface area contributed by atoms with Gasteiger partial charge in [0.1, 0.15) is 0 Å². The lowest BCUT2D eigenvalue weighted by Crippen LogP contribution is -2.50. The van der Waals surface area contributed by atoms with Crippen LogP contribution in [0.2, 0.25) is 0 Å². The van der Waals surface area contributed by atoms with Crippen molar-refractivity contribution in [3.8, 4) is 0 Å². The molecule has 0 amide bonds. The molecule has 7 heteroatoms. The fourth-order valence-corrected chi connectivity index (χ4v) is 2.62. The van der Waals surface area contributed by atoms with Crippen LogP contribution in [0.15, 0.2) is 4.99 Å². The second kappa shape index (κ2) is 14.2. The van der Waals surface area contributed by atoms with Crippen LogP contribution in [0, 0.1) is 0 Å². The molecule has 2 N–H and O–H groups in total. The molecule has 0 bridgehead atoms. The first-order chi connectivity index (χ1) is 10.7. The third kappa shape index (κ3) is 9.69. The number of halogens is 1. The molecule has 1 fully saturated rings. The molecular formula is C16H36IN5O. The zero-order chi connectivity index (χ0) is 16.2. The molecule has 138 valence electrons. The molecule has 1 rings (SSSR count). The first-order valence-corrected chi connectivity index (χ1v) is 8.68. The molecule has 0 aromatic heterocycles. The summed E-state index contributed by atoms with van der Waals surface area (Å²) in [6, 6.07) is 0.494. The van der Waals surface area contributed by atoms with Gasteiger partial charge in [-0.2, -0.15) is 0 Å². The van der Waals surface area contributed by atoms with Crippen molar-refractivity contribution < 1.29 is 4.74 Å². The highest BCUT2D eigenvalue weighted by atomic mass is 127. The Kier molecular flexibility index (Phi) is 14.2. The van der Waals surface area contributed by atoms with E-state index in [9.17, 15) is 0 Å². The molecule has 1 unspecified atom stereocenters. The predicted octanol–water partition coefficient (Wildman–Crippen LogP) is 1.22. The molecule has 0 spiro atoms. The molecule has 1 aliphatic heterocycles. The van der Waals surface area contributed by atoms with Crippen LogP contribution in [0.1, 0.15) is 27.2 Å². The number of methoxy groups -OCH3 is 1. The maximum absolute atomic E-state index is 5.07. The number of hydrogen-bond donors (Lipinski definition) is 2. The summed E-state index contributed by atoms with van der Waals surface area (Å²) in [6.45, 7) is 15.8. The van der Waals surface area contributed by atoms with Gasteiger partial charge in [0.15, 0.2) is 5.96 Å². The minimum absolute atomic E-state index is 0. The zero-order valence-corrected chi connectivity index (χ0v) is 17.6. The third-order valence-electron chi connectivity index (χ3n) is 4.15. The van der Waals surface area contributed by atoms with E-state index in [1.807, 2.05) is 0 Å². The summed E-state index contributed by atoms with van der Waals surface area (Å²) in [5, 5.41) is 6.67. The molecule has 0 saturated carbocycles. The van der Waals surface area contributed by atoms with Crippen LogP contribution in [0.3, 0.4) is 0 Å². The minimum atomic E-state index is 0. The lowest BCUT2D eigenvalue weighted by molar-refractivity contribution is 0.109. The number of aliphatic imine (C=N–C) groups is 1. The lowest BCUT2D eigenvalue weighted by Gasteiger charge is -2.37. The molecule has 23 heavy (non-hydrogen) atoms. The average molecular weight is 441 g/mol. The van der Waals surface area contributed by atoms with Crippen molar-refractivity contribution in [1.82, 2.24) is 20.4 Å². The molecule has 1 aliphatic rings. The fourth-order valence-electron chi connectivity index (χ4n) is 2.62. The van der Waals surface area contributed by atoms with Crippen molar-refractivity contribution in [2.75, 3.05) is 66.1 Å². The number of rotatable bonds is 9. The van der Waals surface area contributed by atoms with Gasteiger partial charge in [0.25, 0.3) is 0 Å². The average Bonchev–Trinajstić information content (AvgIpc) is 2.56. The van der Waals surface area contributed by atoms with Crippen LogP contribution >= 0.6 is 24.0 Å². The fraction of sp³-hybridized carbons (Fsp3) is 0.938. The molecule has 0 aliphatic carbocycles. The molecule has 6 nitrogen and oxygen atoms in total. The first-order valence-electron chi connectivity index (χ1n) is 8.68. The van der Waals surface area contributed by atoms with E-state index in [2.05, 4.69) is 41.2 Å². The summed E-state index contributed by atoms with van der Waals surface area (Å²) in [7, 11) is 1.74. The third-order valence-corrected chi connectivity index (χ3v) is 4.15. The number of nitrogens with zero attached hydrogens (tertiary/aromatic N) is 3. The van der Waals surface area contributed by atoms with Crippen molar-refractivity contribution in [1.29, 1.82) is 0 Å². The monoisotopic (exact) mass is 441 g/mol. The Morgan fingerprint density at radius 2 is 1.87 bits per heavy atom. The number of ether oxygens (including phenoxy) is 1. The van der Waals surface area contributed by atoms with Crippen molar-refractivity contribution in [2.45, 2.75) is 33.2 Å². The summed E-state index contributed by atoms with van der Waals surface area (Å²) in [5.74, 6) is 0.914. The Morgan fingerprint density at radius 1 is 1.17 bits per heavy atom.